The minimum absolute atomic E-state index is 0.162. The van der Waals surface area contributed by atoms with Gasteiger partial charge in [-0.2, -0.15) is 5.10 Å². The summed E-state index contributed by atoms with van der Waals surface area (Å²) in [4.78, 5) is 12.8. The SMILES string of the molecule is COc1cccc(C(NCCN)C(=O)Nc2ccc3[nH]ncc3c2)c1. The number of methoxy groups -OCH3 is 1. The Labute approximate surface area is 145 Å². The second kappa shape index (κ2) is 7.78. The third-order valence-electron chi connectivity index (χ3n) is 3.89. The number of rotatable bonds is 7. The topological polar surface area (TPSA) is 105 Å². The quantitative estimate of drug-likeness (QED) is 0.525. The molecule has 25 heavy (non-hydrogen) atoms. The van der Waals surface area contributed by atoms with Crippen molar-refractivity contribution in [2.75, 3.05) is 25.5 Å². The van der Waals surface area contributed by atoms with Crippen molar-refractivity contribution in [1.82, 2.24) is 15.5 Å². The fraction of sp³-hybridized carbons (Fsp3) is 0.222. The summed E-state index contributed by atoms with van der Waals surface area (Å²) in [6, 6.07) is 12.5. The minimum atomic E-state index is -0.529. The number of anilines is 1. The zero-order valence-corrected chi connectivity index (χ0v) is 14.0. The predicted molar refractivity (Wildman–Crippen MR) is 97.5 cm³/mol. The number of ether oxygens (including phenoxy) is 1. The number of amides is 1. The molecule has 0 fully saturated rings. The van der Waals surface area contributed by atoms with Gasteiger partial charge in [0.25, 0.3) is 0 Å². The van der Waals surface area contributed by atoms with Crippen LogP contribution in [0.3, 0.4) is 0 Å². The average Bonchev–Trinajstić information content (AvgIpc) is 3.10. The van der Waals surface area contributed by atoms with Crippen LogP contribution in [-0.2, 0) is 4.79 Å². The fourth-order valence-electron chi connectivity index (χ4n) is 2.65. The first-order chi connectivity index (χ1) is 12.2. The van der Waals surface area contributed by atoms with Crippen LogP contribution in [0.25, 0.3) is 10.9 Å². The smallest absolute Gasteiger partial charge is 0.246 e. The Morgan fingerprint density at radius 1 is 1.32 bits per heavy atom. The largest absolute Gasteiger partial charge is 0.497 e. The van der Waals surface area contributed by atoms with Crippen molar-refractivity contribution in [1.29, 1.82) is 0 Å². The normalized spacial score (nSPS) is 12.1. The maximum absolute atomic E-state index is 12.8. The molecular formula is C18H21N5O2. The molecule has 1 unspecified atom stereocenters. The first-order valence-corrected chi connectivity index (χ1v) is 8.02. The highest BCUT2D eigenvalue weighted by Gasteiger charge is 2.20. The Morgan fingerprint density at radius 3 is 3.00 bits per heavy atom. The second-order valence-electron chi connectivity index (χ2n) is 5.61. The highest BCUT2D eigenvalue weighted by atomic mass is 16.5. The number of carbonyl (C=O) groups excluding carboxylic acids is 1. The maximum atomic E-state index is 12.8. The van der Waals surface area contributed by atoms with Gasteiger partial charge >= 0.3 is 0 Å². The van der Waals surface area contributed by atoms with Crippen LogP contribution < -0.4 is 21.1 Å². The number of nitrogens with two attached hydrogens (primary N) is 1. The molecule has 0 spiro atoms. The van der Waals surface area contributed by atoms with Gasteiger partial charge in [-0.25, -0.2) is 0 Å². The van der Waals surface area contributed by atoms with Gasteiger partial charge in [0.1, 0.15) is 11.8 Å². The number of nitrogens with one attached hydrogen (secondary N) is 3. The highest BCUT2D eigenvalue weighted by molar-refractivity contribution is 5.97. The van der Waals surface area contributed by atoms with E-state index in [2.05, 4.69) is 20.8 Å². The van der Waals surface area contributed by atoms with E-state index in [1.54, 1.807) is 13.3 Å². The number of aromatic amines is 1. The Hall–Kier alpha value is -2.90. The van der Waals surface area contributed by atoms with Gasteiger partial charge < -0.3 is 21.1 Å². The molecule has 7 nitrogen and oxygen atoms in total. The number of hydrogen-bond donors (Lipinski definition) is 4. The minimum Gasteiger partial charge on any atom is -0.497 e. The molecule has 0 aliphatic carbocycles. The van der Waals surface area contributed by atoms with Crippen molar-refractivity contribution in [3.05, 3.63) is 54.2 Å². The van der Waals surface area contributed by atoms with Gasteiger partial charge in [-0.3, -0.25) is 9.89 Å². The van der Waals surface area contributed by atoms with E-state index in [1.807, 2.05) is 42.5 Å². The molecule has 1 amide bonds. The van der Waals surface area contributed by atoms with Crippen molar-refractivity contribution >= 4 is 22.5 Å². The molecule has 3 aromatic rings. The molecule has 0 saturated heterocycles. The number of fused-ring (bicyclic) bond motifs is 1. The lowest BCUT2D eigenvalue weighted by molar-refractivity contribution is -0.118. The van der Waals surface area contributed by atoms with E-state index in [4.69, 9.17) is 10.5 Å². The van der Waals surface area contributed by atoms with Crippen molar-refractivity contribution in [3.8, 4) is 5.75 Å². The predicted octanol–water partition coefficient (Wildman–Crippen LogP) is 1.80. The summed E-state index contributed by atoms with van der Waals surface area (Å²) < 4.78 is 5.25. The third kappa shape index (κ3) is 3.96. The number of aromatic nitrogens is 2. The van der Waals surface area contributed by atoms with E-state index in [1.165, 1.54) is 0 Å². The molecule has 1 atom stereocenters. The monoisotopic (exact) mass is 339 g/mol. The van der Waals surface area contributed by atoms with E-state index in [0.717, 1.165) is 16.5 Å². The maximum Gasteiger partial charge on any atom is 0.246 e. The molecule has 0 radical (unpaired) electrons. The molecule has 130 valence electrons. The first-order valence-electron chi connectivity index (χ1n) is 8.02. The van der Waals surface area contributed by atoms with Gasteiger partial charge in [-0.1, -0.05) is 12.1 Å². The average molecular weight is 339 g/mol. The number of H-pyrrole nitrogens is 1. The van der Waals surface area contributed by atoms with Crippen LogP contribution in [0.2, 0.25) is 0 Å². The fourth-order valence-corrected chi connectivity index (χ4v) is 2.65. The lowest BCUT2D eigenvalue weighted by atomic mass is 10.1. The van der Waals surface area contributed by atoms with Gasteiger partial charge in [-0.05, 0) is 35.9 Å². The molecule has 0 saturated carbocycles. The van der Waals surface area contributed by atoms with Crippen LogP contribution >= 0.6 is 0 Å². The molecule has 3 rings (SSSR count). The van der Waals surface area contributed by atoms with E-state index in [0.29, 0.717) is 24.5 Å². The summed E-state index contributed by atoms with van der Waals surface area (Å²) in [5.41, 5.74) is 8.03. The van der Waals surface area contributed by atoms with Crippen LogP contribution in [0.5, 0.6) is 5.75 Å². The van der Waals surface area contributed by atoms with Gasteiger partial charge in [0.2, 0.25) is 5.91 Å². The van der Waals surface area contributed by atoms with Crippen molar-refractivity contribution in [2.24, 2.45) is 5.73 Å². The van der Waals surface area contributed by atoms with Crippen molar-refractivity contribution < 1.29 is 9.53 Å². The molecule has 1 heterocycles. The summed E-state index contributed by atoms with van der Waals surface area (Å²) >= 11 is 0. The standard InChI is InChI=1S/C18H21N5O2/c1-25-15-4-2-3-12(10-15)17(20-8-7-19)18(24)22-14-5-6-16-13(9-14)11-21-23-16/h2-6,9-11,17,20H,7-8,19H2,1H3,(H,21,23)(H,22,24). The van der Waals surface area contributed by atoms with Crippen LogP contribution in [0.1, 0.15) is 11.6 Å². The lowest BCUT2D eigenvalue weighted by Gasteiger charge is -2.19. The van der Waals surface area contributed by atoms with Gasteiger partial charge in [0.15, 0.2) is 0 Å². The molecule has 5 N–H and O–H groups in total. The second-order valence-corrected chi connectivity index (χ2v) is 5.61. The first kappa shape index (κ1) is 16.9. The van der Waals surface area contributed by atoms with E-state index in [9.17, 15) is 4.79 Å². The zero-order chi connectivity index (χ0) is 17.6. The molecule has 0 aliphatic heterocycles. The number of nitrogens with zero attached hydrogens (tertiary/aromatic N) is 1. The highest BCUT2D eigenvalue weighted by Crippen LogP contribution is 2.22. The molecular weight excluding hydrogens is 318 g/mol. The zero-order valence-electron chi connectivity index (χ0n) is 14.0. The number of carbonyl (C=O) groups is 1. The summed E-state index contributed by atoms with van der Waals surface area (Å²) in [5, 5.41) is 13.9. The van der Waals surface area contributed by atoms with Gasteiger partial charge in [0, 0.05) is 24.2 Å². The van der Waals surface area contributed by atoms with E-state index in [-0.39, 0.29) is 5.91 Å². The number of benzene rings is 2. The van der Waals surface area contributed by atoms with Crippen molar-refractivity contribution in [3.63, 3.8) is 0 Å². The Kier molecular flexibility index (Phi) is 5.27. The lowest BCUT2D eigenvalue weighted by Crippen LogP contribution is -2.35. The summed E-state index contributed by atoms with van der Waals surface area (Å²) in [6.45, 7) is 0.963. The van der Waals surface area contributed by atoms with Crippen LogP contribution in [0.4, 0.5) is 5.69 Å². The summed E-state index contributed by atoms with van der Waals surface area (Å²) in [6.07, 6.45) is 1.72. The molecule has 0 bridgehead atoms. The summed E-state index contributed by atoms with van der Waals surface area (Å²) in [7, 11) is 1.60. The van der Waals surface area contributed by atoms with Crippen LogP contribution in [0, 0.1) is 0 Å². The van der Waals surface area contributed by atoms with Crippen LogP contribution in [-0.4, -0.2) is 36.3 Å². The van der Waals surface area contributed by atoms with E-state index >= 15 is 0 Å². The summed E-state index contributed by atoms with van der Waals surface area (Å²) in [5.74, 6) is 0.536. The van der Waals surface area contributed by atoms with Gasteiger partial charge in [-0.15, -0.1) is 0 Å². The van der Waals surface area contributed by atoms with Crippen molar-refractivity contribution in [2.45, 2.75) is 6.04 Å². The Bertz CT molecular complexity index is 861. The van der Waals surface area contributed by atoms with Gasteiger partial charge in [0.05, 0.1) is 18.8 Å². The molecule has 0 aliphatic rings. The molecule has 1 aromatic heterocycles. The third-order valence-corrected chi connectivity index (χ3v) is 3.89. The van der Waals surface area contributed by atoms with Crippen LogP contribution in [0.15, 0.2) is 48.7 Å². The van der Waals surface area contributed by atoms with E-state index < -0.39 is 6.04 Å². The number of hydrogen-bond acceptors (Lipinski definition) is 5. The molecule has 2 aromatic carbocycles. The molecule has 7 heteroatoms. The Morgan fingerprint density at radius 2 is 2.20 bits per heavy atom. The Balaban J connectivity index is 1.82.